The smallest absolute Gasteiger partial charge is 0.265 e. The van der Waals surface area contributed by atoms with Crippen molar-refractivity contribution in [3.05, 3.63) is 36.0 Å². The Hall–Kier alpha value is -2.48. The highest BCUT2D eigenvalue weighted by molar-refractivity contribution is 5.66. The molecule has 2 aromatic heterocycles. The summed E-state index contributed by atoms with van der Waals surface area (Å²) in [5.74, 6) is -0.0462. The van der Waals surface area contributed by atoms with Gasteiger partial charge in [0.2, 0.25) is 0 Å². The fourth-order valence-electron chi connectivity index (χ4n) is 4.26. The average Bonchev–Trinajstić information content (AvgIpc) is 3.59. The second-order valence-electron chi connectivity index (χ2n) is 8.56. The van der Waals surface area contributed by atoms with Gasteiger partial charge < -0.3 is 20.4 Å². The van der Waals surface area contributed by atoms with Crippen LogP contribution in [-0.4, -0.2) is 55.2 Å². The zero-order valence-electron chi connectivity index (χ0n) is 17.1. The number of rotatable bonds is 5. The van der Waals surface area contributed by atoms with Crippen molar-refractivity contribution in [2.45, 2.75) is 37.5 Å². The number of aromatic nitrogens is 2. The van der Waals surface area contributed by atoms with Crippen molar-refractivity contribution in [1.29, 1.82) is 0 Å². The molecule has 1 saturated carbocycles. The number of piperidine rings is 1. The minimum atomic E-state index is -2.67. The van der Waals surface area contributed by atoms with E-state index in [0.717, 1.165) is 37.7 Å². The van der Waals surface area contributed by atoms with Gasteiger partial charge in [-0.3, -0.25) is 0 Å². The monoisotopic (exact) mass is 414 g/mol. The third kappa shape index (κ3) is 4.48. The Labute approximate surface area is 175 Å². The maximum absolute atomic E-state index is 14.0. The number of halogens is 2. The van der Waals surface area contributed by atoms with Crippen molar-refractivity contribution in [2.24, 2.45) is 0 Å². The van der Waals surface area contributed by atoms with Gasteiger partial charge in [-0.2, -0.15) is 0 Å². The molecular weight excluding hydrogens is 386 g/mol. The summed E-state index contributed by atoms with van der Waals surface area (Å²) in [7, 11) is 0. The highest BCUT2D eigenvalue weighted by Gasteiger charge is 2.36. The highest BCUT2D eigenvalue weighted by atomic mass is 19.3. The van der Waals surface area contributed by atoms with Gasteiger partial charge in [0.15, 0.2) is 0 Å². The molecule has 0 bridgehead atoms. The van der Waals surface area contributed by atoms with Crippen molar-refractivity contribution in [1.82, 2.24) is 15.3 Å². The van der Waals surface area contributed by atoms with E-state index in [9.17, 15) is 8.78 Å². The molecular formula is C22H28F2N6. The summed E-state index contributed by atoms with van der Waals surface area (Å²) < 4.78 is 28.1. The highest BCUT2D eigenvalue weighted by Crippen LogP contribution is 2.40. The molecule has 4 heterocycles. The lowest BCUT2D eigenvalue weighted by molar-refractivity contribution is -0.0118. The summed E-state index contributed by atoms with van der Waals surface area (Å²) in [5, 5.41) is 6.65. The number of pyridine rings is 2. The van der Waals surface area contributed by atoms with E-state index in [4.69, 9.17) is 0 Å². The summed E-state index contributed by atoms with van der Waals surface area (Å²) in [5.41, 5.74) is 2.28. The van der Waals surface area contributed by atoms with E-state index in [1.807, 2.05) is 24.4 Å². The van der Waals surface area contributed by atoms with Gasteiger partial charge in [-0.25, -0.2) is 18.7 Å². The van der Waals surface area contributed by atoms with Gasteiger partial charge in [0.25, 0.3) is 5.92 Å². The van der Waals surface area contributed by atoms with E-state index in [-0.39, 0.29) is 13.0 Å². The molecule has 6 nitrogen and oxygen atoms in total. The van der Waals surface area contributed by atoms with Crippen LogP contribution in [-0.2, 0) is 0 Å². The molecule has 3 fully saturated rings. The molecule has 1 aliphatic carbocycles. The summed E-state index contributed by atoms with van der Waals surface area (Å²) in [4.78, 5) is 13.2. The lowest BCUT2D eigenvalue weighted by Gasteiger charge is -2.35. The van der Waals surface area contributed by atoms with Gasteiger partial charge in [0, 0.05) is 63.2 Å². The molecule has 0 spiro atoms. The third-order valence-electron chi connectivity index (χ3n) is 6.09. The molecule has 0 atom stereocenters. The van der Waals surface area contributed by atoms with Gasteiger partial charge >= 0.3 is 0 Å². The molecule has 160 valence electrons. The van der Waals surface area contributed by atoms with Crippen molar-refractivity contribution in [2.75, 3.05) is 54.4 Å². The van der Waals surface area contributed by atoms with Crippen LogP contribution in [0.1, 0.15) is 37.2 Å². The Balaban J connectivity index is 1.42. The SMILES string of the molecule is FC1(F)CCCN(c2cc(N3CCNCC3)cc(Nc3ccc(C4CC4)cn3)n2)C1. The zero-order valence-corrected chi connectivity index (χ0v) is 17.1. The lowest BCUT2D eigenvalue weighted by atomic mass is 10.1. The number of nitrogens with one attached hydrogen (secondary N) is 2. The fourth-order valence-corrected chi connectivity index (χ4v) is 4.26. The normalized spacial score (nSPS) is 21.5. The number of anilines is 4. The Morgan fingerprint density at radius 2 is 1.87 bits per heavy atom. The van der Waals surface area contributed by atoms with Crippen molar-refractivity contribution >= 4 is 23.1 Å². The van der Waals surface area contributed by atoms with E-state index >= 15 is 0 Å². The quantitative estimate of drug-likeness (QED) is 0.777. The molecule has 8 heteroatoms. The summed E-state index contributed by atoms with van der Waals surface area (Å²) in [6.45, 7) is 3.90. The maximum atomic E-state index is 14.0. The van der Waals surface area contributed by atoms with Gasteiger partial charge in [-0.15, -0.1) is 0 Å². The molecule has 0 unspecified atom stereocenters. The number of alkyl halides is 2. The van der Waals surface area contributed by atoms with E-state index in [1.54, 1.807) is 4.90 Å². The van der Waals surface area contributed by atoms with Crippen LogP contribution >= 0.6 is 0 Å². The van der Waals surface area contributed by atoms with E-state index in [1.165, 1.54) is 18.4 Å². The second-order valence-corrected chi connectivity index (χ2v) is 8.56. The summed E-state index contributed by atoms with van der Waals surface area (Å²) in [6.07, 6.45) is 4.83. The Bertz CT molecular complexity index is 878. The van der Waals surface area contributed by atoms with Crippen LogP contribution in [0.3, 0.4) is 0 Å². The third-order valence-corrected chi connectivity index (χ3v) is 6.09. The predicted octanol–water partition coefficient (Wildman–Crippen LogP) is 3.74. The Morgan fingerprint density at radius 3 is 2.57 bits per heavy atom. The number of hydrogen-bond donors (Lipinski definition) is 2. The van der Waals surface area contributed by atoms with E-state index in [0.29, 0.717) is 30.5 Å². The van der Waals surface area contributed by atoms with Crippen LogP contribution in [0.5, 0.6) is 0 Å². The van der Waals surface area contributed by atoms with Gasteiger partial charge in [-0.1, -0.05) is 6.07 Å². The first-order valence-corrected chi connectivity index (χ1v) is 10.9. The van der Waals surface area contributed by atoms with Crippen molar-refractivity contribution in [3.63, 3.8) is 0 Å². The second kappa shape index (κ2) is 7.98. The first kappa shape index (κ1) is 19.5. The Kier molecular flexibility index (Phi) is 5.18. The van der Waals surface area contributed by atoms with E-state index < -0.39 is 5.92 Å². The molecule has 2 aliphatic heterocycles. The van der Waals surface area contributed by atoms with Crippen molar-refractivity contribution < 1.29 is 8.78 Å². The lowest BCUT2D eigenvalue weighted by Crippen LogP contribution is -2.44. The number of piperazine rings is 1. The molecule has 0 radical (unpaired) electrons. The molecule has 3 aliphatic rings. The zero-order chi connectivity index (χ0) is 20.6. The van der Waals surface area contributed by atoms with E-state index in [2.05, 4.69) is 31.6 Å². The summed E-state index contributed by atoms with van der Waals surface area (Å²) >= 11 is 0. The van der Waals surface area contributed by atoms with Crippen LogP contribution < -0.4 is 20.4 Å². The van der Waals surface area contributed by atoms with Gasteiger partial charge in [0.1, 0.15) is 17.5 Å². The predicted molar refractivity (Wildman–Crippen MR) is 115 cm³/mol. The number of hydrogen-bond acceptors (Lipinski definition) is 6. The molecule has 0 aromatic carbocycles. The van der Waals surface area contributed by atoms with Crippen LogP contribution in [0.15, 0.2) is 30.5 Å². The molecule has 5 rings (SSSR count). The van der Waals surface area contributed by atoms with Crippen LogP contribution in [0.25, 0.3) is 0 Å². The fraction of sp³-hybridized carbons (Fsp3) is 0.545. The summed E-state index contributed by atoms with van der Waals surface area (Å²) in [6, 6.07) is 8.02. The first-order chi connectivity index (χ1) is 14.6. The molecule has 2 saturated heterocycles. The maximum Gasteiger partial charge on any atom is 0.265 e. The minimum Gasteiger partial charge on any atom is -0.369 e. The minimum absolute atomic E-state index is 0.0522. The molecule has 0 amide bonds. The molecule has 30 heavy (non-hydrogen) atoms. The molecule has 2 aromatic rings. The number of nitrogens with zero attached hydrogens (tertiary/aromatic N) is 4. The average molecular weight is 415 g/mol. The van der Waals surface area contributed by atoms with Crippen LogP contribution in [0.2, 0.25) is 0 Å². The molecule has 2 N–H and O–H groups in total. The van der Waals surface area contributed by atoms with Gasteiger partial charge in [0.05, 0.1) is 6.54 Å². The standard InChI is InChI=1S/C22H28F2N6/c23-22(24)6-1-9-30(15-22)21-13-18(29-10-7-25-8-11-29)12-20(28-21)27-19-5-4-17(14-26-19)16-2-3-16/h4-5,12-14,16,25H,1-3,6-11,15H2,(H,26,27,28). The first-order valence-electron chi connectivity index (χ1n) is 10.9. The Morgan fingerprint density at radius 1 is 1.03 bits per heavy atom. The topological polar surface area (TPSA) is 56.3 Å². The largest absolute Gasteiger partial charge is 0.369 e. The van der Waals surface area contributed by atoms with Crippen molar-refractivity contribution in [3.8, 4) is 0 Å². The van der Waals surface area contributed by atoms with Crippen LogP contribution in [0.4, 0.5) is 31.9 Å². The van der Waals surface area contributed by atoms with Gasteiger partial charge in [-0.05, 0) is 36.8 Å². The van der Waals surface area contributed by atoms with Crippen LogP contribution in [0, 0.1) is 0 Å².